The Bertz CT molecular complexity index is 639. The quantitative estimate of drug-likeness (QED) is 0.578. The number of carboxylic acid groups (broad SMARTS) is 1. The van der Waals surface area contributed by atoms with Gasteiger partial charge in [-0.25, -0.2) is 4.79 Å². The van der Waals surface area contributed by atoms with E-state index in [0.29, 0.717) is 5.56 Å². The second kappa shape index (κ2) is 6.00. The molecule has 1 aliphatic heterocycles. The Morgan fingerprint density at radius 3 is 2.30 bits per heavy atom. The molecule has 1 aromatic rings. The molecule has 0 aromatic heterocycles. The van der Waals surface area contributed by atoms with Crippen molar-refractivity contribution in [2.45, 2.75) is 38.9 Å². The molecular formula is C16H23BN2O4. The number of anilines is 1. The maximum atomic E-state index is 11.2. The number of aromatic carboxylic acids is 1. The number of nitrogens with two attached hydrogens (primary N) is 2. The monoisotopic (exact) mass is 318 g/mol. The highest BCUT2D eigenvalue weighted by atomic mass is 16.7. The molecule has 1 aromatic carbocycles. The summed E-state index contributed by atoms with van der Waals surface area (Å²) in [5.41, 5.74) is 12.3. The van der Waals surface area contributed by atoms with Gasteiger partial charge < -0.3 is 25.9 Å². The Balaban J connectivity index is 2.34. The Morgan fingerprint density at radius 1 is 1.26 bits per heavy atom. The van der Waals surface area contributed by atoms with Gasteiger partial charge in [-0.2, -0.15) is 0 Å². The third kappa shape index (κ3) is 3.42. The summed E-state index contributed by atoms with van der Waals surface area (Å²) in [6.45, 7) is 8.10. The van der Waals surface area contributed by atoms with Crippen LogP contribution in [0.4, 0.5) is 5.69 Å². The lowest BCUT2D eigenvalue weighted by Crippen LogP contribution is -2.41. The molecule has 1 heterocycles. The van der Waals surface area contributed by atoms with Crippen molar-refractivity contribution in [3.8, 4) is 0 Å². The molecule has 2 rings (SSSR count). The largest absolute Gasteiger partial charge is 0.491 e. The summed E-state index contributed by atoms with van der Waals surface area (Å²) in [6, 6.07) is 4.81. The van der Waals surface area contributed by atoms with Crippen LogP contribution < -0.4 is 11.5 Å². The fraction of sp³-hybridized carbons (Fsp3) is 0.438. The normalized spacial score (nSPS) is 19.9. The first kappa shape index (κ1) is 17.5. The van der Waals surface area contributed by atoms with E-state index in [1.54, 1.807) is 18.2 Å². The third-order valence-corrected chi connectivity index (χ3v) is 4.45. The number of carboxylic acids is 1. The van der Waals surface area contributed by atoms with Gasteiger partial charge >= 0.3 is 13.1 Å². The molecule has 0 atom stereocenters. The Morgan fingerprint density at radius 2 is 1.83 bits per heavy atom. The van der Waals surface area contributed by atoms with E-state index in [1.165, 1.54) is 6.07 Å². The summed E-state index contributed by atoms with van der Waals surface area (Å²) in [5.74, 6) is -1.07. The molecule has 0 saturated carbocycles. The van der Waals surface area contributed by atoms with Gasteiger partial charge in [-0.05, 0) is 50.9 Å². The van der Waals surface area contributed by atoms with Crippen molar-refractivity contribution in [2.24, 2.45) is 5.73 Å². The topological polar surface area (TPSA) is 108 Å². The van der Waals surface area contributed by atoms with Crippen molar-refractivity contribution in [3.05, 3.63) is 34.8 Å². The predicted octanol–water partition coefficient (Wildman–Crippen LogP) is 1.94. The summed E-state index contributed by atoms with van der Waals surface area (Å²) >= 11 is 0. The van der Waals surface area contributed by atoms with Gasteiger partial charge in [-0.1, -0.05) is 12.1 Å². The van der Waals surface area contributed by atoms with Gasteiger partial charge in [0.1, 0.15) is 0 Å². The first-order valence-corrected chi connectivity index (χ1v) is 7.46. The van der Waals surface area contributed by atoms with E-state index in [1.807, 2.05) is 27.7 Å². The highest BCUT2D eigenvalue weighted by molar-refractivity contribution is 6.55. The van der Waals surface area contributed by atoms with Crippen LogP contribution in [-0.2, 0) is 9.31 Å². The fourth-order valence-electron chi connectivity index (χ4n) is 2.28. The van der Waals surface area contributed by atoms with E-state index in [9.17, 15) is 4.79 Å². The van der Waals surface area contributed by atoms with Crippen LogP contribution >= 0.6 is 0 Å². The van der Waals surface area contributed by atoms with Crippen LogP contribution in [0.1, 0.15) is 43.6 Å². The van der Waals surface area contributed by atoms with Crippen molar-refractivity contribution < 1.29 is 19.2 Å². The Hall–Kier alpha value is -1.83. The second-order valence-corrected chi connectivity index (χ2v) is 6.66. The first-order valence-electron chi connectivity index (χ1n) is 7.46. The van der Waals surface area contributed by atoms with Gasteiger partial charge in [0, 0.05) is 12.2 Å². The zero-order valence-corrected chi connectivity index (χ0v) is 13.9. The van der Waals surface area contributed by atoms with Crippen molar-refractivity contribution in [2.75, 3.05) is 12.3 Å². The number of hydrogen-bond acceptors (Lipinski definition) is 5. The van der Waals surface area contributed by atoms with E-state index in [2.05, 4.69) is 0 Å². The molecule has 1 aliphatic rings. The standard InChI is InChI=1S/C16H23BN2O4/c1-15(2)16(3,4)23-17(22-15)11(9-18)7-10-5-6-13(19)12(8-10)14(20)21/h5-8H,9,18-19H2,1-4H3,(H,20,21). The SMILES string of the molecule is CC1(C)OB(C(=Cc2ccc(N)c(C(=O)O)c2)CN)OC1(C)C. The third-order valence-electron chi connectivity index (χ3n) is 4.45. The van der Waals surface area contributed by atoms with Crippen LogP contribution in [0.25, 0.3) is 6.08 Å². The van der Waals surface area contributed by atoms with Crippen LogP contribution in [0.2, 0.25) is 0 Å². The minimum absolute atomic E-state index is 0.0593. The average molecular weight is 318 g/mol. The summed E-state index contributed by atoms with van der Waals surface area (Å²) in [6.07, 6.45) is 1.79. The molecule has 7 heteroatoms. The molecule has 0 radical (unpaired) electrons. The molecule has 6 nitrogen and oxygen atoms in total. The average Bonchev–Trinajstić information content (AvgIpc) is 2.66. The summed E-state index contributed by atoms with van der Waals surface area (Å²) < 4.78 is 12.0. The van der Waals surface area contributed by atoms with Gasteiger partial charge in [-0.3, -0.25) is 0 Å². The second-order valence-electron chi connectivity index (χ2n) is 6.66. The minimum atomic E-state index is -1.07. The number of benzene rings is 1. The molecule has 0 bridgehead atoms. The summed E-state index contributed by atoms with van der Waals surface area (Å²) in [7, 11) is -0.559. The van der Waals surface area contributed by atoms with Gasteiger partial charge in [-0.15, -0.1) is 0 Å². The van der Waals surface area contributed by atoms with E-state index in [0.717, 1.165) is 5.47 Å². The van der Waals surface area contributed by atoms with Crippen molar-refractivity contribution in [1.82, 2.24) is 0 Å². The lowest BCUT2D eigenvalue weighted by atomic mass is 9.77. The van der Waals surface area contributed by atoms with Crippen molar-refractivity contribution >= 4 is 24.9 Å². The first-order chi connectivity index (χ1) is 10.6. The van der Waals surface area contributed by atoms with Gasteiger partial charge in [0.2, 0.25) is 0 Å². The van der Waals surface area contributed by atoms with Gasteiger partial charge in [0.25, 0.3) is 0 Å². The maximum Gasteiger partial charge on any atom is 0.491 e. The van der Waals surface area contributed by atoms with Crippen molar-refractivity contribution in [1.29, 1.82) is 0 Å². The molecule has 0 aliphatic carbocycles. The highest BCUT2D eigenvalue weighted by Crippen LogP contribution is 2.38. The number of carbonyl (C=O) groups is 1. The summed E-state index contributed by atoms with van der Waals surface area (Å²) in [4.78, 5) is 11.2. The molecule has 1 fully saturated rings. The lowest BCUT2D eigenvalue weighted by Gasteiger charge is -2.32. The smallest absolute Gasteiger partial charge is 0.478 e. The predicted molar refractivity (Wildman–Crippen MR) is 90.9 cm³/mol. The molecule has 23 heavy (non-hydrogen) atoms. The molecule has 0 amide bonds. The van der Waals surface area contributed by atoms with Crippen LogP contribution in [0.15, 0.2) is 23.7 Å². The number of hydrogen-bond donors (Lipinski definition) is 3. The Kier molecular flexibility index (Phi) is 4.57. The molecule has 5 N–H and O–H groups in total. The molecule has 124 valence electrons. The van der Waals surface area contributed by atoms with Crippen LogP contribution in [-0.4, -0.2) is 35.9 Å². The molecule has 1 saturated heterocycles. The molecule has 0 unspecified atom stereocenters. The lowest BCUT2D eigenvalue weighted by molar-refractivity contribution is 0.00578. The number of rotatable bonds is 4. The Labute approximate surface area is 136 Å². The van der Waals surface area contributed by atoms with Crippen molar-refractivity contribution in [3.63, 3.8) is 0 Å². The molecular weight excluding hydrogens is 295 g/mol. The minimum Gasteiger partial charge on any atom is -0.478 e. The van der Waals surface area contributed by atoms with E-state index in [-0.39, 0.29) is 17.8 Å². The molecule has 0 spiro atoms. The van der Waals surface area contributed by atoms with Gasteiger partial charge in [0.05, 0.1) is 16.8 Å². The van der Waals surface area contributed by atoms with E-state index < -0.39 is 24.3 Å². The van der Waals surface area contributed by atoms with Crippen LogP contribution in [0.5, 0.6) is 0 Å². The van der Waals surface area contributed by atoms with Gasteiger partial charge in [0.15, 0.2) is 0 Å². The zero-order valence-electron chi connectivity index (χ0n) is 13.9. The van der Waals surface area contributed by atoms with E-state index in [4.69, 9.17) is 25.9 Å². The summed E-state index contributed by atoms with van der Waals surface area (Å²) in [5, 5.41) is 9.16. The number of nitrogen functional groups attached to an aromatic ring is 1. The van der Waals surface area contributed by atoms with Crippen LogP contribution in [0.3, 0.4) is 0 Å². The fourth-order valence-corrected chi connectivity index (χ4v) is 2.28. The highest BCUT2D eigenvalue weighted by Gasteiger charge is 2.52. The zero-order chi connectivity index (χ0) is 17.4. The van der Waals surface area contributed by atoms with E-state index >= 15 is 0 Å². The van der Waals surface area contributed by atoms with Crippen LogP contribution in [0, 0.1) is 0 Å². The maximum absolute atomic E-state index is 11.2.